The fraction of sp³-hybridized carbons (Fsp3) is 0.619. The molecule has 1 aromatic carbocycles. The Kier molecular flexibility index (Phi) is 5.50. The smallest absolute Gasteiger partial charge is 0.319 e. The molecule has 0 bridgehead atoms. The maximum Gasteiger partial charge on any atom is 0.319 e. The highest BCUT2D eigenvalue weighted by Gasteiger charge is 2.34. The summed E-state index contributed by atoms with van der Waals surface area (Å²) in [4.78, 5) is 28.6. The average Bonchev–Trinajstić information content (AvgIpc) is 3.54. The highest BCUT2D eigenvalue weighted by atomic mass is 16.2. The molecule has 27 heavy (non-hydrogen) atoms. The van der Waals surface area contributed by atoms with Crippen molar-refractivity contribution in [3.8, 4) is 0 Å². The molecule has 2 N–H and O–H groups in total. The standard InChI is InChI=1S/C21H30N4O2/c26-20(16-6-7-16)25-14-12-24(13-15-25)19-10-8-18(9-11-19)23-21(27)22-17-4-2-1-3-5-17/h8-11,16-17H,1-7,12-15H2,(H2,22,23,27). The summed E-state index contributed by atoms with van der Waals surface area (Å²) >= 11 is 0. The molecule has 3 fully saturated rings. The van der Waals surface area contributed by atoms with Gasteiger partial charge in [0.1, 0.15) is 0 Å². The second-order valence-corrected chi connectivity index (χ2v) is 8.07. The van der Waals surface area contributed by atoms with Gasteiger partial charge in [0.15, 0.2) is 0 Å². The van der Waals surface area contributed by atoms with Crippen LogP contribution < -0.4 is 15.5 Å². The van der Waals surface area contributed by atoms with Crippen LogP contribution in [0.4, 0.5) is 16.2 Å². The van der Waals surface area contributed by atoms with Gasteiger partial charge in [-0.15, -0.1) is 0 Å². The third-order valence-corrected chi connectivity index (χ3v) is 5.95. The molecule has 4 rings (SSSR count). The van der Waals surface area contributed by atoms with Gasteiger partial charge in [0.05, 0.1) is 0 Å². The van der Waals surface area contributed by atoms with Crippen LogP contribution in [0.15, 0.2) is 24.3 Å². The molecule has 146 valence electrons. The van der Waals surface area contributed by atoms with Crippen LogP contribution in [0.25, 0.3) is 0 Å². The molecule has 0 atom stereocenters. The van der Waals surface area contributed by atoms with Gasteiger partial charge in [0, 0.05) is 49.5 Å². The van der Waals surface area contributed by atoms with Gasteiger partial charge in [-0.25, -0.2) is 4.79 Å². The van der Waals surface area contributed by atoms with Gasteiger partial charge in [-0.3, -0.25) is 4.79 Å². The molecule has 1 aliphatic heterocycles. The number of nitrogens with zero attached hydrogens (tertiary/aromatic N) is 2. The normalized spacial score (nSPS) is 21.0. The number of rotatable bonds is 4. The zero-order valence-corrected chi connectivity index (χ0v) is 16.0. The van der Waals surface area contributed by atoms with Crippen LogP contribution in [0.5, 0.6) is 0 Å². The molecular weight excluding hydrogens is 340 g/mol. The summed E-state index contributed by atoms with van der Waals surface area (Å²) in [6.07, 6.45) is 8.01. The van der Waals surface area contributed by atoms with E-state index in [4.69, 9.17) is 0 Å². The minimum absolute atomic E-state index is 0.109. The van der Waals surface area contributed by atoms with Gasteiger partial charge in [-0.2, -0.15) is 0 Å². The molecule has 1 heterocycles. The molecule has 2 aliphatic carbocycles. The second-order valence-electron chi connectivity index (χ2n) is 8.07. The van der Waals surface area contributed by atoms with Crippen molar-refractivity contribution < 1.29 is 9.59 Å². The Balaban J connectivity index is 1.25. The Morgan fingerprint density at radius 1 is 0.852 bits per heavy atom. The predicted molar refractivity (Wildman–Crippen MR) is 107 cm³/mol. The Morgan fingerprint density at radius 2 is 1.52 bits per heavy atom. The van der Waals surface area contributed by atoms with Crippen LogP contribution in [0.1, 0.15) is 44.9 Å². The maximum atomic E-state index is 12.2. The number of piperazine rings is 1. The van der Waals surface area contributed by atoms with Crippen LogP contribution >= 0.6 is 0 Å². The third-order valence-electron chi connectivity index (χ3n) is 5.95. The quantitative estimate of drug-likeness (QED) is 0.855. The molecule has 0 spiro atoms. The van der Waals surface area contributed by atoms with E-state index in [1.54, 1.807) is 0 Å². The maximum absolute atomic E-state index is 12.2. The third kappa shape index (κ3) is 4.73. The highest BCUT2D eigenvalue weighted by molar-refractivity contribution is 5.89. The summed E-state index contributed by atoms with van der Waals surface area (Å²) in [6.45, 7) is 3.35. The highest BCUT2D eigenvalue weighted by Crippen LogP contribution is 2.31. The lowest BCUT2D eigenvalue weighted by Gasteiger charge is -2.36. The van der Waals surface area contributed by atoms with Gasteiger partial charge in [0.2, 0.25) is 5.91 Å². The van der Waals surface area contributed by atoms with Crippen molar-refractivity contribution in [2.75, 3.05) is 36.4 Å². The van der Waals surface area contributed by atoms with Gasteiger partial charge in [-0.1, -0.05) is 19.3 Å². The van der Waals surface area contributed by atoms with E-state index in [1.165, 1.54) is 19.3 Å². The van der Waals surface area contributed by atoms with Crippen molar-refractivity contribution in [1.29, 1.82) is 0 Å². The molecular formula is C21H30N4O2. The van der Waals surface area contributed by atoms with E-state index in [9.17, 15) is 9.59 Å². The van der Waals surface area contributed by atoms with Gasteiger partial charge < -0.3 is 20.4 Å². The number of urea groups is 1. The van der Waals surface area contributed by atoms with E-state index in [1.807, 2.05) is 17.0 Å². The monoisotopic (exact) mass is 370 g/mol. The number of benzene rings is 1. The molecule has 6 nitrogen and oxygen atoms in total. The molecule has 0 radical (unpaired) electrons. The van der Waals surface area contributed by atoms with E-state index >= 15 is 0 Å². The minimum atomic E-state index is -0.109. The fourth-order valence-corrected chi connectivity index (χ4v) is 4.13. The number of hydrogen-bond acceptors (Lipinski definition) is 3. The van der Waals surface area contributed by atoms with Crippen LogP contribution in [0.2, 0.25) is 0 Å². The summed E-state index contributed by atoms with van der Waals surface area (Å²) in [6, 6.07) is 8.22. The van der Waals surface area contributed by atoms with Crippen molar-refractivity contribution in [1.82, 2.24) is 10.2 Å². The first-order valence-corrected chi connectivity index (χ1v) is 10.4. The number of anilines is 2. The lowest BCUT2D eigenvalue weighted by atomic mass is 9.96. The first-order chi connectivity index (χ1) is 13.2. The summed E-state index contributed by atoms with van der Waals surface area (Å²) in [7, 11) is 0. The van der Waals surface area contributed by atoms with Gasteiger partial charge in [0.25, 0.3) is 0 Å². The first-order valence-electron chi connectivity index (χ1n) is 10.4. The number of nitrogens with one attached hydrogen (secondary N) is 2. The predicted octanol–water partition coefficient (Wildman–Crippen LogP) is 3.20. The topological polar surface area (TPSA) is 64.7 Å². The number of hydrogen-bond donors (Lipinski definition) is 2. The molecule has 0 unspecified atom stereocenters. The summed E-state index contributed by atoms with van der Waals surface area (Å²) in [5.74, 6) is 0.653. The second kappa shape index (κ2) is 8.19. The Hall–Kier alpha value is -2.24. The zero-order valence-electron chi connectivity index (χ0n) is 16.0. The van der Waals surface area contributed by atoms with Gasteiger partial charge in [-0.05, 0) is 49.9 Å². The molecule has 3 aliphatic rings. The van der Waals surface area contributed by atoms with E-state index in [-0.39, 0.29) is 6.03 Å². The minimum Gasteiger partial charge on any atom is -0.368 e. The summed E-state index contributed by atoms with van der Waals surface area (Å²) in [5.41, 5.74) is 1.96. The van der Waals surface area contributed by atoms with Crippen LogP contribution in [-0.4, -0.2) is 49.1 Å². The van der Waals surface area contributed by atoms with Crippen LogP contribution in [0, 0.1) is 5.92 Å². The summed E-state index contributed by atoms with van der Waals surface area (Å²) < 4.78 is 0. The lowest BCUT2D eigenvalue weighted by Crippen LogP contribution is -2.49. The molecule has 3 amide bonds. The number of carbonyl (C=O) groups is 2. The average molecular weight is 370 g/mol. The van der Waals surface area contributed by atoms with E-state index < -0.39 is 0 Å². The van der Waals surface area contributed by atoms with E-state index in [0.29, 0.717) is 17.9 Å². The Bertz CT molecular complexity index is 657. The van der Waals surface area contributed by atoms with E-state index in [0.717, 1.165) is 63.2 Å². The molecule has 0 aromatic heterocycles. The number of amides is 3. The Morgan fingerprint density at radius 3 is 2.15 bits per heavy atom. The van der Waals surface area contributed by atoms with Gasteiger partial charge >= 0.3 is 6.03 Å². The van der Waals surface area contributed by atoms with Crippen molar-refractivity contribution in [2.45, 2.75) is 51.0 Å². The number of carbonyl (C=O) groups excluding carboxylic acids is 2. The van der Waals surface area contributed by atoms with Crippen molar-refractivity contribution >= 4 is 23.3 Å². The van der Waals surface area contributed by atoms with E-state index in [2.05, 4.69) is 27.7 Å². The van der Waals surface area contributed by atoms with Crippen LogP contribution in [-0.2, 0) is 4.79 Å². The van der Waals surface area contributed by atoms with Crippen molar-refractivity contribution in [3.63, 3.8) is 0 Å². The SMILES string of the molecule is O=C(Nc1ccc(N2CCN(C(=O)C3CC3)CC2)cc1)NC1CCCCC1. The molecule has 2 saturated carbocycles. The summed E-state index contributed by atoms with van der Waals surface area (Å²) in [5, 5.41) is 6.02. The first kappa shape index (κ1) is 18.1. The molecule has 1 saturated heterocycles. The lowest BCUT2D eigenvalue weighted by molar-refractivity contribution is -0.132. The molecule has 1 aromatic rings. The molecule has 6 heteroatoms. The zero-order chi connectivity index (χ0) is 18.6. The largest absolute Gasteiger partial charge is 0.368 e. The van der Waals surface area contributed by atoms with Crippen molar-refractivity contribution in [3.05, 3.63) is 24.3 Å². The Labute approximate surface area is 161 Å². The van der Waals surface area contributed by atoms with Crippen molar-refractivity contribution in [2.24, 2.45) is 5.92 Å². The fourth-order valence-electron chi connectivity index (χ4n) is 4.13. The van der Waals surface area contributed by atoms with Crippen LogP contribution in [0.3, 0.4) is 0 Å².